The van der Waals surface area contributed by atoms with E-state index in [2.05, 4.69) is 11.8 Å². The first kappa shape index (κ1) is 6.70. The molecule has 1 aliphatic heterocycles. The highest BCUT2D eigenvalue weighted by Crippen LogP contribution is 2.05. The van der Waals surface area contributed by atoms with Crippen molar-refractivity contribution < 1.29 is 4.79 Å². The molecule has 2 heteroatoms. The summed E-state index contributed by atoms with van der Waals surface area (Å²) in [6.45, 7) is 0. The number of Topliss-reactive ketones (excluding diaryl/α,β-unsaturated/α-hetero) is 1. The zero-order valence-electron chi connectivity index (χ0n) is 5.14. The van der Waals surface area contributed by atoms with E-state index in [-0.39, 0.29) is 5.78 Å². The normalized spacial score (nSPS) is 19.3. The van der Waals surface area contributed by atoms with Crippen LogP contribution in [0.3, 0.4) is 0 Å². The maximum absolute atomic E-state index is 10.6. The number of thioether (sulfide) groups is 1. The van der Waals surface area contributed by atoms with Crippen molar-refractivity contribution in [3.8, 4) is 11.8 Å². The van der Waals surface area contributed by atoms with Crippen LogP contribution in [0.15, 0.2) is 0 Å². The molecule has 0 radical (unpaired) electrons. The van der Waals surface area contributed by atoms with E-state index in [0.29, 0.717) is 5.75 Å². The Morgan fingerprint density at radius 1 is 1.56 bits per heavy atom. The maximum atomic E-state index is 10.6. The van der Waals surface area contributed by atoms with Crippen molar-refractivity contribution >= 4 is 17.5 Å². The fourth-order valence-electron chi connectivity index (χ4n) is 0.625. The van der Waals surface area contributed by atoms with Gasteiger partial charge in [0.1, 0.15) is 0 Å². The third kappa shape index (κ3) is 2.57. The van der Waals surface area contributed by atoms with Gasteiger partial charge in [0.15, 0.2) is 0 Å². The number of carbonyl (C=O) groups excluding carboxylic acids is 1. The number of hydrogen-bond donors (Lipinski definition) is 0. The average Bonchev–Trinajstić information content (AvgIpc) is 1.79. The fraction of sp³-hybridized carbons (Fsp3) is 0.571. The number of rotatable bonds is 0. The van der Waals surface area contributed by atoms with Crippen molar-refractivity contribution in [1.29, 1.82) is 0 Å². The summed E-state index contributed by atoms with van der Waals surface area (Å²) in [4.78, 5) is 10.6. The topological polar surface area (TPSA) is 17.1 Å². The molecule has 0 fully saturated rings. The third-order valence-corrected chi connectivity index (χ3v) is 2.10. The smallest absolute Gasteiger partial charge is 0.215 e. The van der Waals surface area contributed by atoms with E-state index >= 15 is 0 Å². The van der Waals surface area contributed by atoms with Crippen LogP contribution in [-0.4, -0.2) is 17.3 Å². The lowest BCUT2D eigenvalue weighted by Gasteiger charge is -1.96. The minimum atomic E-state index is 0.0831. The Morgan fingerprint density at radius 2 is 2.44 bits per heavy atom. The molecular weight excluding hydrogens is 132 g/mol. The molecule has 0 aromatic carbocycles. The van der Waals surface area contributed by atoms with Gasteiger partial charge in [0.2, 0.25) is 5.78 Å². The Kier molecular flexibility index (Phi) is 2.66. The zero-order valence-corrected chi connectivity index (χ0v) is 5.96. The van der Waals surface area contributed by atoms with E-state index in [0.717, 1.165) is 18.6 Å². The molecule has 1 nitrogen and oxygen atoms in total. The van der Waals surface area contributed by atoms with Crippen LogP contribution in [0.4, 0.5) is 0 Å². The van der Waals surface area contributed by atoms with Gasteiger partial charge in [-0.15, -0.1) is 0 Å². The van der Waals surface area contributed by atoms with Gasteiger partial charge in [-0.1, -0.05) is 5.92 Å². The van der Waals surface area contributed by atoms with Crippen LogP contribution in [0.5, 0.6) is 0 Å². The van der Waals surface area contributed by atoms with Crippen molar-refractivity contribution in [2.75, 3.05) is 11.5 Å². The van der Waals surface area contributed by atoms with Gasteiger partial charge in [0, 0.05) is 6.42 Å². The number of carbonyl (C=O) groups is 1. The van der Waals surface area contributed by atoms with Crippen LogP contribution in [0.1, 0.15) is 12.8 Å². The highest BCUT2D eigenvalue weighted by molar-refractivity contribution is 7.99. The molecule has 1 rings (SSSR count). The third-order valence-electron chi connectivity index (χ3n) is 1.05. The summed E-state index contributed by atoms with van der Waals surface area (Å²) in [7, 11) is 0. The van der Waals surface area contributed by atoms with E-state index in [4.69, 9.17) is 0 Å². The molecule has 1 aliphatic rings. The SMILES string of the molecule is O=C1C#CCCCSC1. The van der Waals surface area contributed by atoms with E-state index in [1.54, 1.807) is 11.8 Å². The molecule has 0 aromatic heterocycles. The zero-order chi connectivity index (χ0) is 6.53. The number of hydrogen-bond acceptors (Lipinski definition) is 2. The summed E-state index contributed by atoms with van der Waals surface area (Å²) in [6.07, 6.45) is 2.02. The van der Waals surface area contributed by atoms with Crippen LogP contribution in [-0.2, 0) is 4.79 Å². The summed E-state index contributed by atoms with van der Waals surface area (Å²) in [5.41, 5.74) is 0. The molecule has 0 spiro atoms. The monoisotopic (exact) mass is 140 g/mol. The molecule has 48 valence electrons. The van der Waals surface area contributed by atoms with Gasteiger partial charge in [-0.2, -0.15) is 11.8 Å². The largest absolute Gasteiger partial charge is 0.284 e. The van der Waals surface area contributed by atoms with Crippen molar-refractivity contribution in [3.63, 3.8) is 0 Å². The van der Waals surface area contributed by atoms with Crippen LogP contribution in [0.25, 0.3) is 0 Å². The summed E-state index contributed by atoms with van der Waals surface area (Å²) in [5.74, 6) is 7.16. The van der Waals surface area contributed by atoms with Gasteiger partial charge in [-0.05, 0) is 18.1 Å². The molecule has 0 saturated carbocycles. The van der Waals surface area contributed by atoms with E-state index in [9.17, 15) is 4.79 Å². The van der Waals surface area contributed by atoms with Gasteiger partial charge in [0.05, 0.1) is 5.75 Å². The Hall–Kier alpha value is -0.420. The molecule has 0 aromatic rings. The lowest BCUT2D eigenvalue weighted by Crippen LogP contribution is -1.99. The van der Waals surface area contributed by atoms with Crippen LogP contribution in [0, 0.1) is 11.8 Å². The quantitative estimate of drug-likeness (QED) is 0.370. The van der Waals surface area contributed by atoms with E-state index < -0.39 is 0 Å². The molecule has 0 bridgehead atoms. The first-order valence-corrected chi connectivity index (χ1v) is 4.14. The van der Waals surface area contributed by atoms with Crippen molar-refractivity contribution in [3.05, 3.63) is 0 Å². The maximum Gasteiger partial charge on any atom is 0.215 e. The van der Waals surface area contributed by atoms with Crippen LogP contribution >= 0.6 is 11.8 Å². The summed E-state index contributed by atoms with van der Waals surface area (Å²) in [5, 5.41) is 0. The first-order valence-electron chi connectivity index (χ1n) is 2.99. The van der Waals surface area contributed by atoms with Gasteiger partial charge in [-0.3, -0.25) is 4.79 Å². The molecule has 1 heterocycles. The molecule has 0 unspecified atom stereocenters. The summed E-state index contributed by atoms with van der Waals surface area (Å²) >= 11 is 1.69. The predicted octanol–water partition coefficient (Wildman–Crippen LogP) is 1.09. The van der Waals surface area contributed by atoms with E-state index in [1.807, 2.05) is 0 Å². The standard InChI is InChI=1S/C7H8OS/c8-7-4-2-1-3-5-9-6-7/h1,3,5-6H2. The Morgan fingerprint density at radius 3 is 3.33 bits per heavy atom. The van der Waals surface area contributed by atoms with Gasteiger partial charge in [0.25, 0.3) is 0 Å². The Balaban J connectivity index is 2.47. The number of ketones is 1. The first-order chi connectivity index (χ1) is 4.39. The van der Waals surface area contributed by atoms with Gasteiger partial charge < -0.3 is 0 Å². The molecule has 0 atom stereocenters. The Bertz CT molecular complexity index is 163. The van der Waals surface area contributed by atoms with Gasteiger partial charge in [-0.25, -0.2) is 0 Å². The minimum absolute atomic E-state index is 0.0831. The summed E-state index contributed by atoms with van der Waals surface area (Å²) < 4.78 is 0. The lowest BCUT2D eigenvalue weighted by atomic mass is 10.3. The summed E-state index contributed by atoms with van der Waals surface area (Å²) in [6, 6.07) is 0. The molecule has 0 amide bonds. The van der Waals surface area contributed by atoms with Crippen LogP contribution in [0.2, 0.25) is 0 Å². The predicted molar refractivity (Wildman–Crippen MR) is 39.3 cm³/mol. The molecule has 9 heavy (non-hydrogen) atoms. The van der Waals surface area contributed by atoms with E-state index in [1.165, 1.54) is 0 Å². The van der Waals surface area contributed by atoms with Crippen molar-refractivity contribution in [2.24, 2.45) is 0 Å². The molecule has 0 aliphatic carbocycles. The highest BCUT2D eigenvalue weighted by Gasteiger charge is 1.98. The average molecular weight is 140 g/mol. The second-order valence-electron chi connectivity index (χ2n) is 1.88. The highest BCUT2D eigenvalue weighted by atomic mass is 32.2. The van der Waals surface area contributed by atoms with Crippen molar-refractivity contribution in [1.82, 2.24) is 0 Å². The Labute approximate surface area is 59.2 Å². The fourth-order valence-corrected chi connectivity index (χ4v) is 1.38. The second-order valence-corrected chi connectivity index (χ2v) is 2.99. The van der Waals surface area contributed by atoms with Crippen LogP contribution < -0.4 is 0 Å². The minimum Gasteiger partial charge on any atom is -0.284 e. The van der Waals surface area contributed by atoms with Gasteiger partial charge >= 0.3 is 0 Å². The molecule has 0 N–H and O–H groups in total. The molecular formula is C7H8OS. The molecule has 0 saturated heterocycles. The van der Waals surface area contributed by atoms with Crippen molar-refractivity contribution in [2.45, 2.75) is 12.8 Å². The second kappa shape index (κ2) is 3.58. The lowest BCUT2D eigenvalue weighted by molar-refractivity contribution is -0.111.